The molecule has 0 atom stereocenters. The summed E-state index contributed by atoms with van der Waals surface area (Å²) >= 11 is 0. The van der Waals surface area contributed by atoms with Gasteiger partial charge in [0.1, 0.15) is 28.6 Å². The monoisotopic (exact) mass is 605 g/mol. The smallest absolute Gasteiger partial charge is 0.322 e. The van der Waals surface area contributed by atoms with Crippen LogP contribution < -0.4 is 14.5 Å². The maximum absolute atomic E-state index is 14.5. The van der Waals surface area contributed by atoms with Gasteiger partial charge in [-0.3, -0.25) is 4.79 Å². The van der Waals surface area contributed by atoms with E-state index in [2.05, 4.69) is 27.2 Å². The first-order valence-corrected chi connectivity index (χ1v) is 15.2. The zero-order valence-electron chi connectivity index (χ0n) is 23.8. The van der Waals surface area contributed by atoms with Crippen LogP contribution in [0.3, 0.4) is 0 Å². The van der Waals surface area contributed by atoms with Crippen molar-refractivity contribution in [3.8, 4) is 17.0 Å². The zero-order chi connectivity index (χ0) is 30.4. The van der Waals surface area contributed by atoms with Gasteiger partial charge in [0.2, 0.25) is 0 Å². The SMILES string of the molecule is Cc1ccc(S(=O)(=O)N(OC=O)c2ccc(Nc3cc(-c4ccc(OCC5CCN(C)CC5)cc4)ncn3)cc2)c(F)c1. The molecule has 0 saturated carbocycles. The van der Waals surface area contributed by atoms with Gasteiger partial charge < -0.3 is 19.8 Å². The highest BCUT2D eigenvalue weighted by Crippen LogP contribution is 2.29. The van der Waals surface area contributed by atoms with E-state index in [1.165, 1.54) is 24.5 Å². The standard InChI is InChI=1S/C31H32FN5O5S/c1-22-3-12-30(28(32)17-22)43(39,40)37(42-21-38)26-8-6-25(7-9-26)35-31-18-29(33-20-34-31)24-4-10-27(11-5-24)41-19-23-13-15-36(2)16-14-23/h3-12,17-18,20-21,23H,13-16,19H2,1-2H3,(H,33,34,35). The van der Waals surface area contributed by atoms with Gasteiger partial charge in [0, 0.05) is 17.3 Å². The number of sulfonamides is 1. The van der Waals surface area contributed by atoms with Crippen LogP contribution in [0.25, 0.3) is 11.3 Å². The highest BCUT2D eigenvalue weighted by atomic mass is 32.2. The summed E-state index contributed by atoms with van der Waals surface area (Å²) in [5.41, 5.74) is 2.72. The predicted molar refractivity (Wildman–Crippen MR) is 161 cm³/mol. The summed E-state index contributed by atoms with van der Waals surface area (Å²) < 4.78 is 47.1. The first kappa shape index (κ1) is 29.9. The average molecular weight is 606 g/mol. The molecule has 0 aliphatic carbocycles. The van der Waals surface area contributed by atoms with Crippen LogP contribution in [0.2, 0.25) is 0 Å². The normalized spacial score (nSPS) is 14.2. The second kappa shape index (κ2) is 13.2. The second-order valence-electron chi connectivity index (χ2n) is 10.4. The number of benzene rings is 3. The molecule has 1 aromatic heterocycles. The van der Waals surface area contributed by atoms with E-state index in [0.717, 1.165) is 49.4 Å². The minimum atomic E-state index is -4.53. The van der Waals surface area contributed by atoms with Crippen molar-refractivity contribution in [1.29, 1.82) is 0 Å². The number of nitrogens with zero attached hydrogens (tertiary/aromatic N) is 4. The molecule has 1 saturated heterocycles. The minimum absolute atomic E-state index is 0.000803. The van der Waals surface area contributed by atoms with Crippen molar-refractivity contribution in [3.05, 3.63) is 90.5 Å². The van der Waals surface area contributed by atoms with Crippen LogP contribution in [0.15, 0.2) is 84.0 Å². The van der Waals surface area contributed by atoms with Crippen molar-refractivity contribution in [2.75, 3.05) is 36.5 Å². The highest BCUT2D eigenvalue weighted by molar-refractivity contribution is 7.92. The fraction of sp³-hybridized carbons (Fsp3) is 0.258. The number of anilines is 3. The Hall–Kier alpha value is -4.55. The van der Waals surface area contributed by atoms with Crippen molar-refractivity contribution in [1.82, 2.24) is 14.9 Å². The van der Waals surface area contributed by atoms with Crippen LogP contribution >= 0.6 is 0 Å². The van der Waals surface area contributed by atoms with Gasteiger partial charge in [0.05, 0.1) is 18.0 Å². The van der Waals surface area contributed by atoms with Crippen LogP contribution in [-0.2, 0) is 19.7 Å². The molecule has 5 rings (SSSR count). The van der Waals surface area contributed by atoms with Gasteiger partial charge >= 0.3 is 6.47 Å². The molecule has 0 radical (unpaired) electrons. The van der Waals surface area contributed by atoms with Crippen molar-refractivity contribution < 1.29 is 27.2 Å². The van der Waals surface area contributed by atoms with E-state index in [4.69, 9.17) is 9.57 Å². The first-order valence-electron chi connectivity index (χ1n) is 13.8. The number of piperidine rings is 1. The molecule has 0 spiro atoms. The van der Waals surface area contributed by atoms with Gasteiger partial charge in [-0.1, -0.05) is 10.5 Å². The van der Waals surface area contributed by atoms with Crippen molar-refractivity contribution in [2.45, 2.75) is 24.7 Å². The number of rotatable bonds is 11. The molecule has 0 amide bonds. The number of likely N-dealkylation sites (tertiary alicyclic amines) is 1. The summed E-state index contributed by atoms with van der Waals surface area (Å²) in [6, 6.07) is 19.2. The van der Waals surface area contributed by atoms with E-state index in [-0.39, 0.29) is 12.2 Å². The largest absolute Gasteiger partial charge is 0.493 e. The number of carbonyl (C=O) groups is 1. The predicted octanol–water partition coefficient (Wildman–Crippen LogP) is 5.34. The molecule has 1 fully saturated rings. The van der Waals surface area contributed by atoms with Gasteiger partial charge in [-0.05, 0) is 112 Å². The van der Waals surface area contributed by atoms with Crippen LogP contribution in [0.5, 0.6) is 5.75 Å². The van der Waals surface area contributed by atoms with Gasteiger partial charge in [-0.2, -0.15) is 8.42 Å². The molecule has 0 unspecified atom stereocenters. The Kier molecular flexibility index (Phi) is 9.17. The fourth-order valence-corrected chi connectivity index (χ4v) is 6.03. The first-order chi connectivity index (χ1) is 20.7. The molecule has 3 aromatic carbocycles. The van der Waals surface area contributed by atoms with Crippen molar-refractivity contribution >= 4 is 33.7 Å². The van der Waals surface area contributed by atoms with E-state index in [1.54, 1.807) is 25.1 Å². The number of aromatic nitrogens is 2. The van der Waals surface area contributed by atoms with Crippen LogP contribution in [0, 0.1) is 18.7 Å². The van der Waals surface area contributed by atoms with Crippen molar-refractivity contribution in [3.63, 3.8) is 0 Å². The van der Waals surface area contributed by atoms with E-state index in [9.17, 15) is 17.6 Å². The molecule has 43 heavy (non-hydrogen) atoms. The number of halogens is 1. The Morgan fingerprint density at radius 1 is 1.02 bits per heavy atom. The number of aryl methyl sites for hydroxylation is 1. The molecule has 2 heterocycles. The summed E-state index contributed by atoms with van der Waals surface area (Å²) in [7, 11) is -2.39. The fourth-order valence-electron chi connectivity index (χ4n) is 4.76. The Labute approximate surface area is 250 Å². The third-order valence-electron chi connectivity index (χ3n) is 7.21. The molecular weight excluding hydrogens is 573 g/mol. The van der Waals surface area contributed by atoms with Gasteiger partial charge in [0.25, 0.3) is 10.0 Å². The molecule has 4 aromatic rings. The molecule has 1 aliphatic rings. The minimum Gasteiger partial charge on any atom is -0.493 e. The molecule has 224 valence electrons. The van der Waals surface area contributed by atoms with Crippen LogP contribution in [-0.4, -0.2) is 56.5 Å². The third kappa shape index (κ3) is 7.27. The maximum Gasteiger partial charge on any atom is 0.322 e. The van der Waals surface area contributed by atoms with Gasteiger partial charge in [-0.25, -0.2) is 14.4 Å². The Balaban J connectivity index is 1.25. The Morgan fingerprint density at radius 3 is 2.42 bits per heavy atom. The second-order valence-corrected chi connectivity index (χ2v) is 12.1. The quantitative estimate of drug-likeness (QED) is 0.179. The van der Waals surface area contributed by atoms with Crippen LogP contribution in [0.1, 0.15) is 18.4 Å². The molecule has 10 nitrogen and oxygen atoms in total. The van der Waals surface area contributed by atoms with Gasteiger partial charge in [-0.15, -0.1) is 0 Å². The van der Waals surface area contributed by atoms with E-state index in [1.807, 2.05) is 24.3 Å². The average Bonchev–Trinajstić information content (AvgIpc) is 3.00. The summed E-state index contributed by atoms with van der Waals surface area (Å²) in [4.78, 5) is 26.3. The number of hydrogen-bond acceptors (Lipinski definition) is 9. The van der Waals surface area contributed by atoms with E-state index in [0.29, 0.717) is 39.8 Å². The van der Waals surface area contributed by atoms with Crippen molar-refractivity contribution in [2.24, 2.45) is 5.92 Å². The lowest BCUT2D eigenvalue weighted by Crippen LogP contribution is -2.32. The maximum atomic E-state index is 14.5. The molecule has 1 N–H and O–H groups in total. The lowest BCUT2D eigenvalue weighted by atomic mass is 9.98. The lowest BCUT2D eigenvalue weighted by Gasteiger charge is -2.28. The Bertz CT molecular complexity index is 1660. The van der Waals surface area contributed by atoms with E-state index < -0.39 is 20.7 Å². The topological polar surface area (TPSA) is 114 Å². The molecule has 1 aliphatic heterocycles. The highest BCUT2D eigenvalue weighted by Gasteiger charge is 2.30. The number of nitrogens with one attached hydrogen (secondary N) is 1. The third-order valence-corrected chi connectivity index (χ3v) is 8.83. The summed E-state index contributed by atoms with van der Waals surface area (Å²) in [6.07, 6.45) is 3.73. The Morgan fingerprint density at radius 2 is 1.74 bits per heavy atom. The summed E-state index contributed by atoms with van der Waals surface area (Å²) in [6.45, 7) is 4.51. The van der Waals surface area contributed by atoms with E-state index >= 15 is 0 Å². The molecule has 12 heteroatoms. The van der Waals surface area contributed by atoms with Crippen LogP contribution in [0.4, 0.5) is 21.6 Å². The zero-order valence-corrected chi connectivity index (χ0v) is 24.6. The number of carbonyl (C=O) groups excluding carboxylic acids is 1. The van der Waals surface area contributed by atoms with Gasteiger partial charge in [0.15, 0.2) is 0 Å². The molecule has 0 bridgehead atoms. The number of hydrogen-bond donors (Lipinski definition) is 1. The lowest BCUT2D eigenvalue weighted by molar-refractivity contribution is -0.128. The molecular formula is C31H32FN5O5S. The summed E-state index contributed by atoms with van der Waals surface area (Å²) in [5, 5.41) is 3.15. The summed E-state index contributed by atoms with van der Waals surface area (Å²) in [5.74, 6) is 0.944. The number of ether oxygens (including phenoxy) is 1.